The fourth-order valence-electron chi connectivity index (χ4n) is 2.06. The lowest BCUT2D eigenvalue weighted by Crippen LogP contribution is -2.05. The highest BCUT2D eigenvalue weighted by atomic mass is 35.5. The molecule has 0 unspecified atom stereocenters. The molecule has 0 radical (unpaired) electrons. The number of rotatable bonds is 7. The van der Waals surface area contributed by atoms with Crippen molar-refractivity contribution in [1.82, 2.24) is 0 Å². The van der Waals surface area contributed by atoms with Crippen molar-refractivity contribution in [2.45, 2.75) is 20.4 Å². The molecule has 0 spiro atoms. The van der Waals surface area contributed by atoms with Gasteiger partial charge in [0.25, 0.3) is 0 Å². The maximum atomic E-state index is 6.06. The van der Waals surface area contributed by atoms with E-state index in [9.17, 15) is 0 Å². The number of halogens is 1. The molecular formula is C17H20ClNO2. The second-order valence-corrected chi connectivity index (χ2v) is 4.90. The maximum absolute atomic E-state index is 6.06. The van der Waals surface area contributed by atoms with Crippen LogP contribution in [0.4, 0.5) is 5.69 Å². The second-order valence-electron chi connectivity index (χ2n) is 4.47. The lowest BCUT2D eigenvalue weighted by atomic mass is 10.2. The van der Waals surface area contributed by atoms with E-state index in [0.717, 1.165) is 22.7 Å². The van der Waals surface area contributed by atoms with Gasteiger partial charge in [0.15, 0.2) is 0 Å². The standard InChI is InChI=1S/C17H20ClNO2/c1-3-20-16-8-6-5-7-13(16)12-19-15-11-14(18)9-10-17(15)21-4-2/h5-11,19H,3-4,12H2,1-2H3. The molecule has 1 N–H and O–H groups in total. The van der Waals surface area contributed by atoms with Gasteiger partial charge in [-0.25, -0.2) is 0 Å². The van der Waals surface area contributed by atoms with Crippen molar-refractivity contribution in [2.75, 3.05) is 18.5 Å². The fourth-order valence-corrected chi connectivity index (χ4v) is 2.23. The molecule has 0 atom stereocenters. The minimum atomic E-state index is 0.617. The van der Waals surface area contributed by atoms with Crippen LogP contribution in [0.15, 0.2) is 42.5 Å². The SMILES string of the molecule is CCOc1ccccc1CNc1cc(Cl)ccc1OCC. The van der Waals surface area contributed by atoms with Crippen LogP contribution in [0.2, 0.25) is 5.02 Å². The van der Waals surface area contributed by atoms with Crippen LogP contribution in [0.1, 0.15) is 19.4 Å². The van der Waals surface area contributed by atoms with Crippen molar-refractivity contribution in [3.8, 4) is 11.5 Å². The summed E-state index contributed by atoms with van der Waals surface area (Å²) in [6.45, 7) is 5.86. The van der Waals surface area contributed by atoms with Crippen molar-refractivity contribution in [1.29, 1.82) is 0 Å². The van der Waals surface area contributed by atoms with Gasteiger partial charge in [-0.1, -0.05) is 29.8 Å². The summed E-state index contributed by atoms with van der Waals surface area (Å²) in [6, 6.07) is 13.6. The predicted octanol–water partition coefficient (Wildman–Crippen LogP) is 4.75. The first-order chi connectivity index (χ1) is 10.2. The van der Waals surface area contributed by atoms with Gasteiger partial charge in [-0.2, -0.15) is 0 Å². The molecule has 4 heteroatoms. The topological polar surface area (TPSA) is 30.5 Å². The second kappa shape index (κ2) is 7.79. The van der Waals surface area contributed by atoms with E-state index >= 15 is 0 Å². The molecule has 0 fully saturated rings. The lowest BCUT2D eigenvalue weighted by molar-refractivity contribution is 0.336. The molecule has 0 amide bonds. The Balaban J connectivity index is 2.14. The van der Waals surface area contributed by atoms with Crippen molar-refractivity contribution < 1.29 is 9.47 Å². The average molecular weight is 306 g/mol. The van der Waals surface area contributed by atoms with Crippen molar-refractivity contribution in [3.63, 3.8) is 0 Å². The van der Waals surface area contributed by atoms with Crippen LogP contribution in [-0.4, -0.2) is 13.2 Å². The highest BCUT2D eigenvalue weighted by Crippen LogP contribution is 2.29. The third-order valence-electron chi connectivity index (χ3n) is 2.98. The minimum absolute atomic E-state index is 0.617. The van der Waals surface area contributed by atoms with E-state index in [-0.39, 0.29) is 0 Å². The number of nitrogens with one attached hydrogen (secondary N) is 1. The number of para-hydroxylation sites is 1. The van der Waals surface area contributed by atoms with E-state index in [0.29, 0.717) is 24.8 Å². The van der Waals surface area contributed by atoms with E-state index in [4.69, 9.17) is 21.1 Å². The van der Waals surface area contributed by atoms with Crippen LogP contribution in [0.3, 0.4) is 0 Å². The van der Waals surface area contributed by atoms with Crippen LogP contribution in [0, 0.1) is 0 Å². The van der Waals surface area contributed by atoms with E-state index in [2.05, 4.69) is 5.32 Å². The fraction of sp³-hybridized carbons (Fsp3) is 0.294. The zero-order chi connectivity index (χ0) is 15.1. The van der Waals surface area contributed by atoms with Gasteiger partial charge in [0.05, 0.1) is 18.9 Å². The Morgan fingerprint density at radius 1 is 0.952 bits per heavy atom. The van der Waals surface area contributed by atoms with Gasteiger partial charge in [0, 0.05) is 17.1 Å². The summed E-state index contributed by atoms with van der Waals surface area (Å²) in [7, 11) is 0. The first kappa shape index (κ1) is 15.5. The van der Waals surface area contributed by atoms with Gasteiger partial charge in [0.1, 0.15) is 11.5 Å². The zero-order valence-corrected chi connectivity index (χ0v) is 13.1. The molecule has 2 aromatic carbocycles. The molecule has 0 aromatic heterocycles. The van der Waals surface area contributed by atoms with Crippen LogP contribution in [0.5, 0.6) is 11.5 Å². The van der Waals surface area contributed by atoms with E-state index < -0.39 is 0 Å². The van der Waals surface area contributed by atoms with Gasteiger partial charge < -0.3 is 14.8 Å². The van der Waals surface area contributed by atoms with Crippen molar-refractivity contribution in [3.05, 3.63) is 53.1 Å². The van der Waals surface area contributed by atoms with Crippen molar-refractivity contribution in [2.24, 2.45) is 0 Å². The molecule has 112 valence electrons. The smallest absolute Gasteiger partial charge is 0.142 e. The third kappa shape index (κ3) is 4.30. The highest BCUT2D eigenvalue weighted by molar-refractivity contribution is 6.30. The molecule has 0 bridgehead atoms. The van der Waals surface area contributed by atoms with Gasteiger partial charge in [0.2, 0.25) is 0 Å². The maximum Gasteiger partial charge on any atom is 0.142 e. The normalized spacial score (nSPS) is 10.2. The Morgan fingerprint density at radius 2 is 1.67 bits per heavy atom. The van der Waals surface area contributed by atoms with Crippen LogP contribution < -0.4 is 14.8 Å². The number of hydrogen-bond acceptors (Lipinski definition) is 3. The van der Waals surface area contributed by atoms with E-state index in [1.807, 2.05) is 56.3 Å². The third-order valence-corrected chi connectivity index (χ3v) is 3.22. The molecule has 0 aliphatic rings. The molecular weight excluding hydrogens is 286 g/mol. The van der Waals surface area contributed by atoms with Crippen LogP contribution in [-0.2, 0) is 6.54 Å². The molecule has 0 heterocycles. The van der Waals surface area contributed by atoms with Gasteiger partial charge in [-0.05, 0) is 38.1 Å². The molecule has 2 aromatic rings. The Kier molecular flexibility index (Phi) is 5.76. The Labute approximate surface area is 130 Å². The monoisotopic (exact) mass is 305 g/mol. The summed E-state index contributed by atoms with van der Waals surface area (Å²) < 4.78 is 11.2. The quantitative estimate of drug-likeness (QED) is 0.800. The van der Waals surface area contributed by atoms with Crippen LogP contribution in [0.25, 0.3) is 0 Å². The summed E-state index contributed by atoms with van der Waals surface area (Å²) in [4.78, 5) is 0. The summed E-state index contributed by atoms with van der Waals surface area (Å²) in [5, 5.41) is 4.04. The van der Waals surface area contributed by atoms with Crippen LogP contribution >= 0.6 is 11.6 Å². The molecule has 0 saturated heterocycles. The number of benzene rings is 2. The molecule has 2 rings (SSSR count). The minimum Gasteiger partial charge on any atom is -0.494 e. The predicted molar refractivity (Wildman–Crippen MR) is 87.6 cm³/mol. The lowest BCUT2D eigenvalue weighted by Gasteiger charge is -2.15. The summed E-state index contributed by atoms with van der Waals surface area (Å²) in [5.41, 5.74) is 1.98. The molecule has 3 nitrogen and oxygen atoms in total. The summed E-state index contributed by atoms with van der Waals surface area (Å²) in [6.07, 6.45) is 0. The summed E-state index contributed by atoms with van der Waals surface area (Å²) >= 11 is 6.06. The molecule has 0 aliphatic heterocycles. The number of ether oxygens (including phenoxy) is 2. The van der Waals surface area contributed by atoms with Gasteiger partial charge in [-0.15, -0.1) is 0 Å². The summed E-state index contributed by atoms with van der Waals surface area (Å²) in [5.74, 6) is 1.70. The molecule has 0 saturated carbocycles. The Bertz CT molecular complexity index is 587. The van der Waals surface area contributed by atoms with Gasteiger partial charge in [-0.3, -0.25) is 0 Å². The number of hydrogen-bond donors (Lipinski definition) is 1. The van der Waals surface area contributed by atoms with E-state index in [1.54, 1.807) is 0 Å². The first-order valence-corrected chi connectivity index (χ1v) is 7.49. The average Bonchev–Trinajstić information content (AvgIpc) is 2.49. The zero-order valence-electron chi connectivity index (χ0n) is 12.4. The molecule has 21 heavy (non-hydrogen) atoms. The van der Waals surface area contributed by atoms with Gasteiger partial charge >= 0.3 is 0 Å². The van der Waals surface area contributed by atoms with E-state index in [1.165, 1.54) is 0 Å². The Morgan fingerprint density at radius 3 is 2.43 bits per heavy atom. The largest absolute Gasteiger partial charge is 0.494 e. The Hall–Kier alpha value is -1.87. The number of anilines is 1. The van der Waals surface area contributed by atoms with Crippen molar-refractivity contribution >= 4 is 17.3 Å². The highest BCUT2D eigenvalue weighted by Gasteiger charge is 2.06. The first-order valence-electron chi connectivity index (χ1n) is 7.11. The molecule has 0 aliphatic carbocycles.